The van der Waals surface area contributed by atoms with Crippen molar-refractivity contribution in [2.45, 2.75) is 18.7 Å². The van der Waals surface area contributed by atoms with Gasteiger partial charge in [0, 0.05) is 10.0 Å². The number of alkyl halides is 1. The zero-order chi connectivity index (χ0) is 13.1. The number of rotatable bonds is 3. The summed E-state index contributed by atoms with van der Waals surface area (Å²) in [7, 11) is 0. The lowest BCUT2D eigenvalue weighted by atomic mass is 10.0. The van der Waals surface area contributed by atoms with Crippen molar-refractivity contribution in [2.75, 3.05) is 0 Å². The summed E-state index contributed by atoms with van der Waals surface area (Å²) in [6, 6.07) is 13.7. The summed E-state index contributed by atoms with van der Waals surface area (Å²) < 4.78 is 0. The molecule has 3 heteroatoms. The Hall–Kier alpha value is -0.690. The van der Waals surface area contributed by atoms with Gasteiger partial charge in [-0.3, -0.25) is 0 Å². The van der Waals surface area contributed by atoms with Gasteiger partial charge in [0.15, 0.2) is 0 Å². The number of benzene rings is 2. The SMILES string of the molecule is Cc1cc(Cl)cc(C(Cl)Cc2ccc(Cl)cc2)c1. The van der Waals surface area contributed by atoms with Crippen molar-refractivity contribution < 1.29 is 0 Å². The van der Waals surface area contributed by atoms with Crippen LogP contribution in [0.1, 0.15) is 22.1 Å². The number of aryl methyl sites for hydroxylation is 1. The molecule has 2 aromatic carbocycles. The lowest BCUT2D eigenvalue weighted by molar-refractivity contribution is 0.918. The minimum absolute atomic E-state index is 0.0800. The van der Waals surface area contributed by atoms with Gasteiger partial charge in [-0.05, 0) is 54.3 Å². The molecule has 0 amide bonds. The van der Waals surface area contributed by atoms with Gasteiger partial charge < -0.3 is 0 Å². The Morgan fingerprint density at radius 2 is 1.61 bits per heavy atom. The quantitative estimate of drug-likeness (QED) is 0.626. The maximum absolute atomic E-state index is 6.43. The molecule has 0 nitrogen and oxygen atoms in total. The van der Waals surface area contributed by atoms with Crippen LogP contribution in [-0.2, 0) is 6.42 Å². The molecule has 0 saturated heterocycles. The smallest absolute Gasteiger partial charge is 0.0626 e. The van der Waals surface area contributed by atoms with Crippen LogP contribution in [0, 0.1) is 6.92 Å². The first-order valence-corrected chi connectivity index (χ1v) is 6.89. The van der Waals surface area contributed by atoms with E-state index in [1.165, 1.54) is 0 Å². The van der Waals surface area contributed by atoms with E-state index in [0.717, 1.165) is 33.2 Å². The molecular formula is C15H13Cl3. The Kier molecular flexibility index (Phi) is 4.55. The van der Waals surface area contributed by atoms with Crippen LogP contribution in [0.15, 0.2) is 42.5 Å². The van der Waals surface area contributed by atoms with E-state index in [0.29, 0.717) is 0 Å². The Bertz CT molecular complexity index is 512. The van der Waals surface area contributed by atoms with Crippen LogP contribution in [-0.4, -0.2) is 0 Å². The Labute approximate surface area is 122 Å². The molecule has 0 saturated carbocycles. The first kappa shape index (κ1) is 13.7. The minimum Gasteiger partial charge on any atom is -0.117 e. The summed E-state index contributed by atoms with van der Waals surface area (Å²) in [5.74, 6) is 0. The van der Waals surface area contributed by atoms with Crippen molar-refractivity contribution in [1.29, 1.82) is 0 Å². The molecule has 94 valence electrons. The van der Waals surface area contributed by atoms with Crippen molar-refractivity contribution >= 4 is 34.8 Å². The average Bonchev–Trinajstić information content (AvgIpc) is 2.31. The minimum atomic E-state index is -0.0800. The Morgan fingerprint density at radius 3 is 2.22 bits per heavy atom. The van der Waals surface area contributed by atoms with Crippen LogP contribution in [0.5, 0.6) is 0 Å². The van der Waals surface area contributed by atoms with Crippen molar-refractivity contribution in [3.05, 3.63) is 69.2 Å². The molecule has 0 aliphatic rings. The standard InChI is InChI=1S/C15H13Cl3/c1-10-6-12(9-14(17)7-10)15(18)8-11-2-4-13(16)5-3-11/h2-7,9,15H,8H2,1H3. The molecule has 1 unspecified atom stereocenters. The molecule has 1 atom stereocenters. The zero-order valence-electron chi connectivity index (χ0n) is 9.96. The van der Waals surface area contributed by atoms with Crippen LogP contribution in [0.25, 0.3) is 0 Å². The van der Waals surface area contributed by atoms with Gasteiger partial charge in [-0.1, -0.05) is 41.4 Å². The highest BCUT2D eigenvalue weighted by atomic mass is 35.5. The first-order valence-electron chi connectivity index (χ1n) is 5.70. The topological polar surface area (TPSA) is 0 Å². The van der Waals surface area contributed by atoms with Gasteiger partial charge in [-0.15, -0.1) is 11.6 Å². The molecule has 0 radical (unpaired) electrons. The predicted octanol–water partition coefficient (Wildman–Crippen LogP) is 5.82. The van der Waals surface area contributed by atoms with Gasteiger partial charge in [0.1, 0.15) is 0 Å². The Balaban J connectivity index is 2.16. The molecular weight excluding hydrogens is 287 g/mol. The second kappa shape index (κ2) is 5.97. The average molecular weight is 300 g/mol. The summed E-state index contributed by atoms with van der Waals surface area (Å²) in [5.41, 5.74) is 3.34. The molecule has 0 spiro atoms. The van der Waals surface area contributed by atoms with E-state index >= 15 is 0 Å². The molecule has 0 fully saturated rings. The lowest BCUT2D eigenvalue weighted by Crippen LogP contribution is -1.96. The fourth-order valence-electron chi connectivity index (χ4n) is 1.89. The molecule has 0 aliphatic carbocycles. The highest BCUT2D eigenvalue weighted by Gasteiger charge is 2.10. The van der Waals surface area contributed by atoms with Gasteiger partial charge in [-0.2, -0.15) is 0 Å². The Morgan fingerprint density at radius 1 is 0.944 bits per heavy atom. The molecule has 0 aromatic heterocycles. The van der Waals surface area contributed by atoms with Crippen LogP contribution >= 0.6 is 34.8 Å². The van der Waals surface area contributed by atoms with E-state index in [-0.39, 0.29) is 5.38 Å². The maximum atomic E-state index is 6.43. The van der Waals surface area contributed by atoms with E-state index in [4.69, 9.17) is 34.8 Å². The van der Waals surface area contributed by atoms with Crippen molar-refractivity contribution in [1.82, 2.24) is 0 Å². The van der Waals surface area contributed by atoms with Crippen molar-refractivity contribution in [2.24, 2.45) is 0 Å². The van der Waals surface area contributed by atoms with Gasteiger partial charge in [0.25, 0.3) is 0 Å². The molecule has 2 rings (SSSR count). The van der Waals surface area contributed by atoms with Crippen molar-refractivity contribution in [3.63, 3.8) is 0 Å². The van der Waals surface area contributed by atoms with Gasteiger partial charge >= 0.3 is 0 Å². The molecule has 2 aromatic rings. The molecule has 0 aliphatic heterocycles. The van der Waals surface area contributed by atoms with Gasteiger partial charge in [-0.25, -0.2) is 0 Å². The molecule has 0 heterocycles. The highest BCUT2D eigenvalue weighted by molar-refractivity contribution is 6.31. The third kappa shape index (κ3) is 3.65. The highest BCUT2D eigenvalue weighted by Crippen LogP contribution is 2.28. The third-order valence-corrected chi connectivity index (χ3v) is 3.63. The third-order valence-electron chi connectivity index (χ3n) is 2.75. The zero-order valence-corrected chi connectivity index (χ0v) is 12.2. The molecule has 0 bridgehead atoms. The van der Waals surface area contributed by atoms with E-state index in [1.807, 2.05) is 43.3 Å². The summed E-state index contributed by atoms with van der Waals surface area (Å²) in [6.45, 7) is 2.02. The van der Waals surface area contributed by atoms with E-state index in [9.17, 15) is 0 Å². The largest absolute Gasteiger partial charge is 0.117 e. The molecule has 18 heavy (non-hydrogen) atoms. The van der Waals surface area contributed by atoms with Gasteiger partial charge in [0.05, 0.1) is 5.38 Å². The first-order chi connectivity index (χ1) is 8.54. The fourth-order valence-corrected chi connectivity index (χ4v) is 2.62. The predicted molar refractivity (Wildman–Crippen MR) is 79.9 cm³/mol. The summed E-state index contributed by atoms with van der Waals surface area (Å²) in [6.07, 6.45) is 0.762. The van der Waals surface area contributed by atoms with Crippen molar-refractivity contribution in [3.8, 4) is 0 Å². The number of halogens is 3. The molecule has 0 N–H and O–H groups in total. The maximum Gasteiger partial charge on any atom is 0.0626 e. The van der Waals surface area contributed by atoms with E-state index < -0.39 is 0 Å². The van der Waals surface area contributed by atoms with Crippen LogP contribution in [0.3, 0.4) is 0 Å². The van der Waals surface area contributed by atoms with Crippen LogP contribution < -0.4 is 0 Å². The van der Waals surface area contributed by atoms with Gasteiger partial charge in [0.2, 0.25) is 0 Å². The van der Waals surface area contributed by atoms with Crippen LogP contribution in [0.4, 0.5) is 0 Å². The fraction of sp³-hybridized carbons (Fsp3) is 0.200. The second-order valence-electron chi connectivity index (χ2n) is 4.36. The number of hydrogen-bond donors (Lipinski definition) is 0. The summed E-state index contributed by atoms with van der Waals surface area (Å²) >= 11 is 18.3. The second-order valence-corrected chi connectivity index (χ2v) is 5.76. The lowest BCUT2D eigenvalue weighted by Gasteiger charge is -2.11. The summed E-state index contributed by atoms with van der Waals surface area (Å²) in [5, 5.41) is 1.39. The summed E-state index contributed by atoms with van der Waals surface area (Å²) in [4.78, 5) is 0. The van der Waals surface area contributed by atoms with E-state index in [2.05, 4.69) is 6.07 Å². The number of hydrogen-bond acceptors (Lipinski definition) is 0. The van der Waals surface area contributed by atoms with E-state index in [1.54, 1.807) is 0 Å². The van der Waals surface area contributed by atoms with Crippen LogP contribution in [0.2, 0.25) is 10.0 Å². The normalized spacial score (nSPS) is 12.4. The monoisotopic (exact) mass is 298 g/mol.